The van der Waals surface area contributed by atoms with Crippen LogP contribution in [0.25, 0.3) is 0 Å². The Bertz CT molecular complexity index is 1070. The van der Waals surface area contributed by atoms with Gasteiger partial charge in [0.1, 0.15) is 5.75 Å². The third kappa shape index (κ3) is 3.27. The Hall–Kier alpha value is -3.12. The molecule has 28 heavy (non-hydrogen) atoms. The Labute approximate surface area is 167 Å². The van der Waals surface area contributed by atoms with Gasteiger partial charge in [0.15, 0.2) is 0 Å². The van der Waals surface area contributed by atoms with E-state index in [2.05, 4.69) is 10.6 Å². The number of aromatic hydroxyl groups is 1. The molecular weight excluding hydrogens is 372 g/mol. The fraction of sp³-hybridized carbons (Fsp3) is 0.182. The van der Waals surface area contributed by atoms with E-state index < -0.39 is 0 Å². The summed E-state index contributed by atoms with van der Waals surface area (Å²) in [6.45, 7) is 3.87. The fourth-order valence-electron chi connectivity index (χ4n) is 3.60. The SMILES string of the molecule is Cc1ccccc1NC(=O)c1sc2c(c1C)[C@H](c1ccc(O)cc1)CC(=O)N2. The van der Waals surface area contributed by atoms with Gasteiger partial charge in [-0.1, -0.05) is 30.3 Å². The molecule has 0 aliphatic carbocycles. The highest BCUT2D eigenvalue weighted by Crippen LogP contribution is 2.45. The van der Waals surface area contributed by atoms with Crippen molar-refractivity contribution < 1.29 is 14.7 Å². The number of para-hydroxylation sites is 1. The van der Waals surface area contributed by atoms with Crippen LogP contribution >= 0.6 is 11.3 Å². The molecule has 1 atom stereocenters. The summed E-state index contributed by atoms with van der Waals surface area (Å²) >= 11 is 1.31. The lowest BCUT2D eigenvalue weighted by Gasteiger charge is -2.24. The minimum Gasteiger partial charge on any atom is -0.508 e. The van der Waals surface area contributed by atoms with E-state index in [0.717, 1.165) is 32.9 Å². The molecule has 0 fully saturated rings. The molecule has 1 aliphatic heterocycles. The summed E-state index contributed by atoms with van der Waals surface area (Å²) in [5.41, 5.74) is 4.57. The first-order chi connectivity index (χ1) is 13.4. The number of thiophene rings is 1. The van der Waals surface area contributed by atoms with Crippen molar-refractivity contribution in [3.63, 3.8) is 0 Å². The minimum absolute atomic E-state index is 0.0716. The second-order valence-corrected chi connectivity index (χ2v) is 7.99. The number of fused-ring (bicyclic) bond motifs is 1. The largest absolute Gasteiger partial charge is 0.508 e. The number of aryl methyl sites for hydroxylation is 1. The van der Waals surface area contributed by atoms with Crippen LogP contribution in [0.3, 0.4) is 0 Å². The van der Waals surface area contributed by atoms with Gasteiger partial charge in [-0.2, -0.15) is 0 Å². The van der Waals surface area contributed by atoms with Crippen LogP contribution in [-0.4, -0.2) is 16.9 Å². The number of hydrogen-bond acceptors (Lipinski definition) is 4. The summed E-state index contributed by atoms with van der Waals surface area (Å²) in [5, 5.41) is 16.2. The lowest BCUT2D eigenvalue weighted by atomic mass is 9.85. The average molecular weight is 392 g/mol. The van der Waals surface area contributed by atoms with Gasteiger partial charge in [-0.3, -0.25) is 9.59 Å². The highest BCUT2D eigenvalue weighted by molar-refractivity contribution is 7.18. The van der Waals surface area contributed by atoms with E-state index in [1.165, 1.54) is 11.3 Å². The maximum Gasteiger partial charge on any atom is 0.266 e. The maximum atomic E-state index is 12.9. The van der Waals surface area contributed by atoms with Gasteiger partial charge in [0.25, 0.3) is 5.91 Å². The first kappa shape index (κ1) is 18.3. The molecule has 2 aromatic carbocycles. The molecule has 6 heteroatoms. The molecule has 0 spiro atoms. The topological polar surface area (TPSA) is 78.4 Å². The Balaban J connectivity index is 1.72. The van der Waals surface area contributed by atoms with Crippen molar-refractivity contribution in [1.29, 1.82) is 0 Å². The Morgan fingerprint density at radius 3 is 2.57 bits per heavy atom. The number of nitrogens with one attached hydrogen (secondary N) is 2. The van der Waals surface area contributed by atoms with Crippen LogP contribution in [0.1, 0.15) is 44.3 Å². The average Bonchev–Trinajstić information content (AvgIpc) is 3.00. The molecule has 4 rings (SSSR count). The standard InChI is InChI=1S/C22H20N2O3S/c1-12-5-3-4-6-17(12)23-21(27)20-13(2)19-16(11-18(26)24-22(19)28-20)14-7-9-15(25)10-8-14/h3-10,16,25H,11H2,1-2H3,(H,23,27)(H,24,26)/t16-/m0/s1. The van der Waals surface area contributed by atoms with Crippen LogP contribution < -0.4 is 10.6 Å². The predicted molar refractivity (Wildman–Crippen MR) is 111 cm³/mol. The van der Waals surface area contributed by atoms with Crippen molar-refractivity contribution in [2.75, 3.05) is 10.6 Å². The quantitative estimate of drug-likeness (QED) is 0.599. The Kier molecular flexibility index (Phi) is 4.65. The summed E-state index contributed by atoms with van der Waals surface area (Å²) in [6, 6.07) is 14.5. The zero-order chi connectivity index (χ0) is 19.8. The highest BCUT2D eigenvalue weighted by atomic mass is 32.1. The second kappa shape index (κ2) is 7.13. The van der Waals surface area contributed by atoms with E-state index >= 15 is 0 Å². The van der Waals surface area contributed by atoms with Crippen LogP contribution in [0.2, 0.25) is 0 Å². The summed E-state index contributed by atoms with van der Waals surface area (Å²) in [7, 11) is 0. The van der Waals surface area contributed by atoms with E-state index in [0.29, 0.717) is 11.3 Å². The van der Waals surface area contributed by atoms with E-state index in [1.807, 2.05) is 50.2 Å². The lowest BCUT2D eigenvalue weighted by Crippen LogP contribution is -2.22. The number of benzene rings is 2. The van der Waals surface area contributed by atoms with E-state index in [1.54, 1.807) is 12.1 Å². The molecule has 0 saturated heterocycles. The van der Waals surface area contributed by atoms with Gasteiger partial charge in [0, 0.05) is 18.0 Å². The van der Waals surface area contributed by atoms with Crippen LogP contribution in [0.15, 0.2) is 48.5 Å². The van der Waals surface area contributed by atoms with Gasteiger partial charge in [0.2, 0.25) is 5.91 Å². The van der Waals surface area contributed by atoms with Gasteiger partial charge < -0.3 is 15.7 Å². The first-order valence-corrected chi connectivity index (χ1v) is 9.84. The Morgan fingerprint density at radius 1 is 1.14 bits per heavy atom. The third-order valence-corrected chi connectivity index (χ3v) is 6.30. The smallest absolute Gasteiger partial charge is 0.266 e. The van der Waals surface area contributed by atoms with E-state index in [4.69, 9.17) is 0 Å². The monoisotopic (exact) mass is 392 g/mol. The molecule has 0 unspecified atom stereocenters. The zero-order valence-electron chi connectivity index (χ0n) is 15.6. The lowest BCUT2D eigenvalue weighted by molar-refractivity contribution is -0.116. The number of phenolic OH excluding ortho intramolecular Hbond substituents is 1. The minimum atomic E-state index is -0.176. The molecule has 3 aromatic rings. The fourth-order valence-corrected chi connectivity index (χ4v) is 4.78. The number of carbonyl (C=O) groups is 2. The highest BCUT2D eigenvalue weighted by Gasteiger charge is 2.32. The van der Waals surface area contributed by atoms with Crippen LogP contribution in [0.5, 0.6) is 5.75 Å². The van der Waals surface area contributed by atoms with Crippen LogP contribution in [-0.2, 0) is 4.79 Å². The number of amides is 2. The van der Waals surface area contributed by atoms with Gasteiger partial charge in [-0.05, 0) is 54.3 Å². The molecule has 0 radical (unpaired) electrons. The molecule has 5 nitrogen and oxygen atoms in total. The number of phenols is 1. The summed E-state index contributed by atoms with van der Waals surface area (Å²) in [4.78, 5) is 25.8. The van der Waals surface area contributed by atoms with Crippen molar-refractivity contribution >= 4 is 33.8 Å². The van der Waals surface area contributed by atoms with Crippen LogP contribution in [0.4, 0.5) is 10.7 Å². The van der Waals surface area contributed by atoms with Gasteiger partial charge in [-0.25, -0.2) is 0 Å². The third-order valence-electron chi connectivity index (χ3n) is 5.08. The van der Waals surface area contributed by atoms with Crippen molar-refractivity contribution in [3.8, 4) is 5.75 Å². The molecule has 1 aromatic heterocycles. The summed E-state index contributed by atoms with van der Waals surface area (Å²) < 4.78 is 0. The van der Waals surface area contributed by atoms with Gasteiger partial charge in [-0.15, -0.1) is 11.3 Å². The number of anilines is 2. The first-order valence-electron chi connectivity index (χ1n) is 9.03. The van der Waals surface area contributed by atoms with E-state index in [-0.39, 0.29) is 23.5 Å². The number of carbonyl (C=O) groups excluding carboxylic acids is 2. The normalized spacial score (nSPS) is 15.6. The number of rotatable bonds is 3. The Morgan fingerprint density at radius 2 is 1.86 bits per heavy atom. The van der Waals surface area contributed by atoms with Crippen molar-refractivity contribution in [2.24, 2.45) is 0 Å². The summed E-state index contributed by atoms with van der Waals surface area (Å²) in [6.07, 6.45) is 0.314. The van der Waals surface area contributed by atoms with Crippen molar-refractivity contribution in [1.82, 2.24) is 0 Å². The van der Waals surface area contributed by atoms with Crippen molar-refractivity contribution in [2.45, 2.75) is 26.2 Å². The molecule has 2 amide bonds. The van der Waals surface area contributed by atoms with Crippen molar-refractivity contribution in [3.05, 3.63) is 75.7 Å². The molecule has 0 saturated carbocycles. The van der Waals surface area contributed by atoms with Gasteiger partial charge in [0.05, 0.1) is 9.88 Å². The van der Waals surface area contributed by atoms with Crippen LogP contribution in [0, 0.1) is 13.8 Å². The maximum absolute atomic E-state index is 12.9. The van der Waals surface area contributed by atoms with Gasteiger partial charge >= 0.3 is 0 Å². The molecule has 0 bridgehead atoms. The predicted octanol–water partition coefficient (Wildman–Crippen LogP) is 4.80. The molecule has 2 heterocycles. The summed E-state index contributed by atoms with van der Waals surface area (Å²) in [5.74, 6) is -0.201. The second-order valence-electron chi connectivity index (χ2n) is 6.96. The molecule has 142 valence electrons. The molecule has 1 aliphatic rings. The zero-order valence-corrected chi connectivity index (χ0v) is 16.4. The van der Waals surface area contributed by atoms with E-state index in [9.17, 15) is 14.7 Å². The number of hydrogen-bond donors (Lipinski definition) is 3. The molecular formula is C22H20N2O3S. The molecule has 3 N–H and O–H groups in total.